The third kappa shape index (κ3) is 3.05. The van der Waals surface area contributed by atoms with Crippen LogP contribution in [-0.2, 0) is 0 Å². The maximum atomic E-state index is 12.9. The fourth-order valence-electron chi connectivity index (χ4n) is 1.32. The minimum Gasteiger partial charge on any atom is -0.320 e. The highest BCUT2D eigenvalue weighted by Gasteiger charge is 2.08. The van der Waals surface area contributed by atoms with Crippen LogP contribution < -0.4 is 5.32 Å². The van der Waals surface area contributed by atoms with Crippen LogP contribution in [0.1, 0.15) is 10.4 Å². The first-order valence-electron chi connectivity index (χ1n) is 4.93. The van der Waals surface area contributed by atoms with Gasteiger partial charge in [0.1, 0.15) is 5.82 Å². The Bertz CT molecular complexity index is 606. The monoisotopic (exact) mass is 328 g/mol. The standard InChI is InChI=1S/C12H7BrClFN2O/c13-10-3-7(1-2-11(10)14)12(18)17-9-4-8(15)5-16-6-9/h1-6H,(H,17,18). The van der Waals surface area contributed by atoms with Gasteiger partial charge < -0.3 is 5.32 Å². The molecule has 1 N–H and O–H groups in total. The van der Waals surface area contributed by atoms with E-state index in [0.717, 1.165) is 6.20 Å². The molecule has 1 amide bonds. The van der Waals surface area contributed by atoms with Gasteiger partial charge in [0.15, 0.2) is 0 Å². The van der Waals surface area contributed by atoms with Crippen molar-refractivity contribution in [1.82, 2.24) is 4.98 Å². The van der Waals surface area contributed by atoms with Crippen LogP contribution in [0.15, 0.2) is 41.1 Å². The van der Waals surface area contributed by atoms with Gasteiger partial charge in [-0.25, -0.2) is 4.39 Å². The van der Waals surface area contributed by atoms with Gasteiger partial charge in [0.2, 0.25) is 0 Å². The summed E-state index contributed by atoms with van der Waals surface area (Å²) < 4.78 is 13.5. The summed E-state index contributed by atoms with van der Waals surface area (Å²) in [5.41, 5.74) is 0.710. The molecule has 0 unspecified atom stereocenters. The van der Waals surface area contributed by atoms with E-state index in [-0.39, 0.29) is 5.91 Å². The maximum absolute atomic E-state index is 12.9. The number of nitrogens with one attached hydrogen (secondary N) is 1. The summed E-state index contributed by atoms with van der Waals surface area (Å²) in [6.45, 7) is 0. The Kier molecular flexibility index (Phi) is 3.93. The molecule has 6 heteroatoms. The minimum atomic E-state index is -0.509. The van der Waals surface area contributed by atoms with Crippen molar-refractivity contribution in [3.05, 3.63) is 57.5 Å². The van der Waals surface area contributed by atoms with Crippen LogP contribution in [0.3, 0.4) is 0 Å². The molecule has 0 radical (unpaired) electrons. The fraction of sp³-hybridized carbons (Fsp3) is 0. The lowest BCUT2D eigenvalue weighted by Crippen LogP contribution is -2.12. The van der Waals surface area contributed by atoms with Crippen LogP contribution in [0.2, 0.25) is 5.02 Å². The van der Waals surface area contributed by atoms with Crippen molar-refractivity contribution in [2.24, 2.45) is 0 Å². The molecule has 0 saturated heterocycles. The quantitative estimate of drug-likeness (QED) is 0.908. The molecule has 0 aliphatic rings. The van der Waals surface area contributed by atoms with Crippen molar-refractivity contribution < 1.29 is 9.18 Å². The normalized spacial score (nSPS) is 10.2. The molecule has 1 heterocycles. The summed E-state index contributed by atoms with van der Waals surface area (Å²) in [7, 11) is 0. The van der Waals surface area contributed by atoms with E-state index in [9.17, 15) is 9.18 Å². The molecule has 1 aromatic heterocycles. The number of carbonyl (C=O) groups is 1. The molecule has 1 aromatic carbocycles. The Labute approximate surface area is 116 Å². The molecule has 0 spiro atoms. The van der Waals surface area contributed by atoms with Crippen molar-refractivity contribution in [2.75, 3.05) is 5.32 Å². The average molecular weight is 330 g/mol. The van der Waals surface area contributed by atoms with Crippen LogP contribution in [0.5, 0.6) is 0 Å². The van der Waals surface area contributed by atoms with Crippen molar-refractivity contribution in [3.63, 3.8) is 0 Å². The molecule has 3 nitrogen and oxygen atoms in total. The first-order valence-corrected chi connectivity index (χ1v) is 6.10. The van der Waals surface area contributed by atoms with E-state index in [2.05, 4.69) is 26.2 Å². The lowest BCUT2D eigenvalue weighted by atomic mass is 10.2. The van der Waals surface area contributed by atoms with Gasteiger partial charge in [-0.3, -0.25) is 9.78 Å². The second-order valence-corrected chi connectivity index (χ2v) is 4.74. The summed E-state index contributed by atoms with van der Waals surface area (Å²) >= 11 is 9.06. The Morgan fingerprint density at radius 2 is 2.11 bits per heavy atom. The van der Waals surface area contributed by atoms with E-state index < -0.39 is 5.82 Å². The fourth-order valence-corrected chi connectivity index (χ4v) is 1.82. The molecule has 0 fully saturated rings. The first kappa shape index (κ1) is 13.0. The predicted molar refractivity (Wildman–Crippen MR) is 71.3 cm³/mol. The number of nitrogens with zero attached hydrogens (tertiary/aromatic N) is 1. The van der Waals surface area contributed by atoms with E-state index in [1.807, 2.05) is 0 Å². The number of anilines is 1. The lowest BCUT2D eigenvalue weighted by Gasteiger charge is -2.05. The number of carbonyl (C=O) groups excluding carboxylic acids is 1. The van der Waals surface area contributed by atoms with Gasteiger partial charge in [0, 0.05) is 16.1 Å². The van der Waals surface area contributed by atoms with Gasteiger partial charge in [-0.1, -0.05) is 11.6 Å². The lowest BCUT2D eigenvalue weighted by molar-refractivity contribution is 0.102. The zero-order valence-electron chi connectivity index (χ0n) is 8.95. The highest BCUT2D eigenvalue weighted by atomic mass is 79.9. The van der Waals surface area contributed by atoms with E-state index >= 15 is 0 Å². The smallest absolute Gasteiger partial charge is 0.255 e. The molecule has 2 aromatic rings. The molecule has 0 atom stereocenters. The van der Waals surface area contributed by atoms with Crippen molar-refractivity contribution in [2.45, 2.75) is 0 Å². The molecule has 0 bridgehead atoms. The maximum Gasteiger partial charge on any atom is 0.255 e. The Balaban J connectivity index is 2.19. The molecule has 18 heavy (non-hydrogen) atoms. The van der Waals surface area contributed by atoms with Gasteiger partial charge in [-0.15, -0.1) is 0 Å². The Morgan fingerprint density at radius 3 is 2.78 bits per heavy atom. The zero-order valence-corrected chi connectivity index (χ0v) is 11.3. The van der Waals surface area contributed by atoms with E-state index in [0.29, 0.717) is 20.7 Å². The summed E-state index contributed by atoms with van der Waals surface area (Å²) in [6, 6.07) is 5.96. The number of hydrogen-bond donors (Lipinski definition) is 1. The third-order valence-corrected chi connectivity index (χ3v) is 3.36. The summed E-state index contributed by atoms with van der Waals surface area (Å²) in [4.78, 5) is 15.5. The topological polar surface area (TPSA) is 42.0 Å². The molecule has 0 aliphatic carbocycles. The second-order valence-electron chi connectivity index (χ2n) is 3.47. The molecular weight excluding hydrogens is 322 g/mol. The Morgan fingerprint density at radius 1 is 1.33 bits per heavy atom. The largest absolute Gasteiger partial charge is 0.320 e. The van der Waals surface area contributed by atoms with Crippen LogP contribution >= 0.6 is 27.5 Å². The van der Waals surface area contributed by atoms with E-state index in [1.54, 1.807) is 18.2 Å². The van der Waals surface area contributed by atoms with E-state index in [4.69, 9.17) is 11.6 Å². The molecule has 2 rings (SSSR count). The number of aromatic nitrogens is 1. The van der Waals surface area contributed by atoms with Gasteiger partial charge in [0.05, 0.1) is 23.1 Å². The molecular formula is C12H7BrClFN2O. The number of halogens is 3. The minimum absolute atomic E-state index is 0.297. The number of benzene rings is 1. The Hall–Kier alpha value is -1.46. The van der Waals surface area contributed by atoms with Gasteiger partial charge in [-0.05, 0) is 34.1 Å². The van der Waals surface area contributed by atoms with Crippen molar-refractivity contribution in [1.29, 1.82) is 0 Å². The second kappa shape index (κ2) is 5.46. The molecule has 0 aliphatic heterocycles. The molecule has 0 saturated carbocycles. The van der Waals surface area contributed by atoms with Gasteiger partial charge >= 0.3 is 0 Å². The van der Waals surface area contributed by atoms with Crippen molar-refractivity contribution in [3.8, 4) is 0 Å². The SMILES string of the molecule is O=C(Nc1cncc(F)c1)c1ccc(Cl)c(Br)c1. The number of hydrogen-bond acceptors (Lipinski definition) is 2. The van der Waals surface area contributed by atoms with Crippen LogP contribution in [0, 0.1) is 5.82 Å². The highest BCUT2D eigenvalue weighted by Crippen LogP contribution is 2.23. The average Bonchev–Trinajstić information content (AvgIpc) is 2.32. The third-order valence-electron chi connectivity index (χ3n) is 2.14. The van der Waals surface area contributed by atoms with Gasteiger partial charge in [0.25, 0.3) is 5.91 Å². The number of pyridine rings is 1. The zero-order chi connectivity index (χ0) is 13.1. The summed E-state index contributed by atoms with van der Waals surface area (Å²) in [5.74, 6) is -0.871. The summed E-state index contributed by atoms with van der Waals surface area (Å²) in [6.07, 6.45) is 2.43. The van der Waals surface area contributed by atoms with Crippen LogP contribution in [0.4, 0.5) is 10.1 Å². The number of rotatable bonds is 2. The van der Waals surface area contributed by atoms with E-state index in [1.165, 1.54) is 12.3 Å². The van der Waals surface area contributed by atoms with Crippen molar-refractivity contribution >= 4 is 39.1 Å². The van der Waals surface area contributed by atoms with Gasteiger partial charge in [-0.2, -0.15) is 0 Å². The predicted octanol–water partition coefficient (Wildman–Crippen LogP) is 3.89. The summed E-state index contributed by atoms with van der Waals surface area (Å²) in [5, 5.41) is 3.05. The van der Waals surface area contributed by atoms with Crippen LogP contribution in [0.25, 0.3) is 0 Å². The molecule has 92 valence electrons. The van der Waals surface area contributed by atoms with Crippen LogP contribution in [-0.4, -0.2) is 10.9 Å². The first-order chi connectivity index (χ1) is 8.56. The highest BCUT2D eigenvalue weighted by molar-refractivity contribution is 9.10. The number of amides is 1.